The second kappa shape index (κ2) is 5.66. The lowest BCUT2D eigenvalue weighted by Crippen LogP contribution is -2.39. The fraction of sp³-hybridized carbons (Fsp3) is 0.647. The van der Waals surface area contributed by atoms with Crippen LogP contribution < -0.4 is 4.90 Å². The predicted molar refractivity (Wildman–Crippen MR) is 82.9 cm³/mol. The molecule has 0 amide bonds. The lowest BCUT2D eigenvalue weighted by atomic mass is 9.77. The van der Waals surface area contributed by atoms with Gasteiger partial charge in [-0.15, -0.1) is 0 Å². The van der Waals surface area contributed by atoms with Crippen LogP contribution in [-0.2, 0) is 6.42 Å². The van der Waals surface area contributed by atoms with Crippen molar-refractivity contribution in [2.45, 2.75) is 51.9 Å². The van der Waals surface area contributed by atoms with Crippen LogP contribution >= 0.6 is 0 Å². The molecular weight excluding hydrogens is 264 g/mol. The van der Waals surface area contributed by atoms with Crippen LogP contribution in [0.2, 0.25) is 0 Å². The Morgan fingerprint density at radius 3 is 2.48 bits per heavy atom. The van der Waals surface area contributed by atoms with Crippen molar-refractivity contribution in [2.75, 3.05) is 18.0 Å². The van der Waals surface area contributed by atoms with Gasteiger partial charge in [0.2, 0.25) is 0 Å². The minimum absolute atomic E-state index is 0.359. The molecule has 1 saturated carbocycles. The third kappa shape index (κ3) is 2.89. The van der Waals surface area contributed by atoms with Crippen LogP contribution in [0.15, 0.2) is 12.1 Å². The Morgan fingerprint density at radius 2 is 1.90 bits per heavy atom. The molecule has 2 heterocycles. The predicted octanol–water partition coefficient (Wildman–Crippen LogP) is 3.50. The van der Waals surface area contributed by atoms with Crippen molar-refractivity contribution in [3.05, 3.63) is 23.4 Å². The van der Waals surface area contributed by atoms with Crippen molar-refractivity contribution in [1.82, 2.24) is 4.98 Å². The minimum atomic E-state index is -0.863. The number of carboxylic acid groups (broad SMARTS) is 1. The van der Waals surface area contributed by atoms with E-state index in [2.05, 4.69) is 9.88 Å². The zero-order chi connectivity index (χ0) is 14.9. The molecule has 114 valence electrons. The summed E-state index contributed by atoms with van der Waals surface area (Å²) < 4.78 is 0. The van der Waals surface area contributed by atoms with Gasteiger partial charge in [-0.3, -0.25) is 0 Å². The van der Waals surface area contributed by atoms with Crippen LogP contribution in [0, 0.1) is 5.41 Å². The molecule has 0 atom stereocenters. The maximum Gasteiger partial charge on any atom is 0.335 e. The molecule has 4 heteroatoms. The van der Waals surface area contributed by atoms with Crippen LogP contribution in [-0.4, -0.2) is 29.1 Å². The molecule has 1 aliphatic heterocycles. The Kier molecular flexibility index (Phi) is 3.87. The number of aryl methyl sites for hydroxylation is 1. The first-order valence-electron chi connectivity index (χ1n) is 8.11. The zero-order valence-electron chi connectivity index (χ0n) is 12.8. The maximum atomic E-state index is 11.3. The molecule has 0 aromatic carbocycles. The van der Waals surface area contributed by atoms with Crippen LogP contribution in [0.25, 0.3) is 0 Å². The number of anilines is 1. The highest BCUT2D eigenvalue weighted by Crippen LogP contribution is 2.46. The molecule has 1 N–H and O–H groups in total. The zero-order valence-corrected chi connectivity index (χ0v) is 12.8. The summed E-state index contributed by atoms with van der Waals surface area (Å²) in [5, 5.41) is 9.25. The van der Waals surface area contributed by atoms with Gasteiger partial charge in [0.05, 0.1) is 5.56 Å². The summed E-state index contributed by atoms with van der Waals surface area (Å²) in [4.78, 5) is 18.2. The smallest absolute Gasteiger partial charge is 0.335 e. The van der Waals surface area contributed by atoms with Gasteiger partial charge in [0.25, 0.3) is 0 Å². The number of pyridine rings is 1. The van der Waals surface area contributed by atoms with Gasteiger partial charge in [0.1, 0.15) is 5.82 Å². The summed E-state index contributed by atoms with van der Waals surface area (Å²) in [5.74, 6) is -0.0165. The van der Waals surface area contributed by atoms with Crippen LogP contribution in [0.5, 0.6) is 0 Å². The Hall–Kier alpha value is -1.58. The lowest BCUT2D eigenvalue weighted by molar-refractivity contribution is 0.0696. The minimum Gasteiger partial charge on any atom is -0.478 e. The number of nitrogens with zero attached hydrogens (tertiary/aromatic N) is 2. The Balaban J connectivity index is 1.78. The molecule has 0 bridgehead atoms. The third-order valence-electron chi connectivity index (χ3n) is 5.29. The van der Waals surface area contributed by atoms with Crippen molar-refractivity contribution in [1.29, 1.82) is 0 Å². The quantitative estimate of drug-likeness (QED) is 0.925. The van der Waals surface area contributed by atoms with Crippen molar-refractivity contribution in [2.24, 2.45) is 5.41 Å². The van der Waals surface area contributed by atoms with E-state index in [-0.39, 0.29) is 0 Å². The maximum absolute atomic E-state index is 11.3. The average molecular weight is 288 g/mol. The number of carboxylic acids is 1. The molecule has 1 aliphatic carbocycles. The van der Waals surface area contributed by atoms with Gasteiger partial charge in [0, 0.05) is 18.8 Å². The van der Waals surface area contributed by atoms with Gasteiger partial charge >= 0.3 is 5.97 Å². The molecule has 21 heavy (non-hydrogen) atoms. The molecule has 1 aromatic rings. The summed E-state index contributed by atoms with van der Waals surface area (Å²) in [6, 6.07) is 3.42. The monoisotopic (exact) mass is 288 g/mol. The molecule has 2 fully saturated rings. The van der Waals surface area contributed by atoms with E-state index in [9.17, 15) is 9.90 Å². The summed E-state index contributed by atoms with van der Waals surface area (Å²) >= 11 is 0. The number of piperidine rings is 1. The molecule has 2 aliphatic rings. The lowest BCUT2D eigenvalue weighted by Gasteiger charge is -2.40. The SMILES string of the molecule is CCc1cc(C(=O)O)cc(N2CCC3(CCCC3)CC2)n1. The number of carbonyl (C=O) groups is 1. The molecule has 0 unspecified atom stereocenters. The van der Waals surface area contributed by atoms with E-state index in [0.29, 0.717) is 11.0 Å². The fourth-order valence-corrected chi connectivity index (χ4v) is 3.87. The van der Waals surface area contributed by atoms with E-state index in [1.165, 1.54) is 38.5 Å². The Labute approximate surface area is 126 Å². The van der Waals surface area contributed by atoms with Crippen molar-refractivity contribution >= 4 is 11.8 Å². The normalized spacial score (nSPS) is 20.9. The second-order valence-electron chi connectivity index (χ2n) is 6.56. The van der Waals surface area contributed by atoms with Gasteiger partial charge in [-0.25, -0.2) is 9.78 Å². The highest BCUT2D eigenvalue weighted by Gasteiger charge is 2.37. The summed E-state index contributed by atoms with van der Waals surface area (Å²) in [5.41, 5.74) is 1.80. The summed E-state index contributed by atoms with van der Waals surface area (Å²) in [7, 11) is 0. The Bertz CT molecular complexity index is 526. The second-order valence-corrected chi connectivity index (χ2v) is 6.56. The first-order chi connectivity index (χ1) is 10.1. The molecule has 1 aromatic heterocycles. The van der Waals surface area contributed by atoms with Gasteiger partial charge in [-0.1, -0.05) is 19.8 Å². The van der Waals surface area contributed by atoms with Crippen molar-refractivity contribution in [3.8, 4) is 0 Å². The fourth-order valence-electron chi connectivity index (χ4n) is 3.87. The number of hydrogen-bond donors (Lipinski definition) is 1. The number of hydrogen-bond acceptors (Lipinski definition) is 3. The standard InChI is InChI=1S/C17H24N2O2/c1-2-14-11-13(16(20)21)12-15(18-14)19-9-7-17(8-10-19)5-3-4-6-17/h11-12H,2-10H2,1H3,(H,20,21). The van der Waals surface area contributed by atoms with E-state index in [1.54, 1.807) is 12.1 Å². The molecule has 3 rings (SSSR count). The summed E-state index contributed by atoms with van der Waals surface area (Å²) in [6.45, 7) is 4.04. The topological polar surface area (TPSA) is 53.4 Å². The van der Waals surface area contributed by atoms with E-state index in [0.717, 1.165) is 31.0 Å². The van der Waals surface area contributed by atoms with E-state index < -0.39 is 5.97 Å². The molecule has 0 radical (unpaired) electrons. The van der Waals surface area contributed by atoms with Crippen LogP contribution in [0.4, 0.5) is 5.82 Å². The number of rotatable bonds is 3. The number of aromatic nitrogens is 1. The van der Waals surface area contributed by atoms with Gasteiger partial charge in [-0.2, -0.15) is 0 Å². The van der Waals surface area contributed by atoms with Crippen molar-refractivity contribution in [3.63, 3.8) is 0 Å². The first-order valence-corrected chi connectivity index (χ1v) is 8.11. The first kappa shape index (κ1) is 14.4. The highest BCUT2D eigenvalue weighted by atomic mass is 16.4. The Morgan fingerprint density at radius 1 is 1.24 bits per heavy atom. The van der Waals surface area contributed by atoms with E-state index in [4.69, 9.17) is 0 Å². The van der Waals surface area contributed by atoms with E-state index in [1.807, 2.05) is 6.92 Å². The molecular formula is C17H24N2O2. The van der Waals surface area contributed by atoms with Gasteiger partial charge in [-0.05, 0) is 49.7 Å². The molecule has 4 nitrogen and oxygen atoms in total. The summed E-state index contributed by atoms with van der Waals surface area (Å²) in [6.07, 6.45) is 8.75. The highest BCUT2D eigenvalue weighted by molar-refractivity contribution is 5.88. The van der Waals surface area contributed by atoms with Gasteiger partial charge < -0.3 is 10.0 Å². The van der Waals surface area contributed by atoms with Crippen LogP contribution in [0.3, 0.4) is 0 Å². The van der Waals surface area contributed by atoms with Crippen LogP contribution in [0.1, 0.15) is 61.5 Å². The largest absolute Gasteiger partial charge is 0.478 e. The van der Waals surface area contributed by atoms with E-state index >= 15 is 0 Å². The average Bonchev–Trinajstić information content (AvgIpc) is 2.95. The van der Waals surface area contributed by atoms with Crippen molar-refractivity contribution < 1.29 is 9.90 Å². The third-order valence-corrected chi connectivity index (χ3v) is 5.29. The number of aromatic carboxylic acids is 1. The molecule has 1 spiro atoms. The molecule has 1 saturated heterocycles. The van der Waals surface area contributed by atoms with Gasteiger partial charge in [0.15, 0.2) is 0 Å².